The lowest BCUT2D eigenvalue weighted by molar-refractivity contribution is 0.340. The number of H-pyrrole nitrogens is 1. The number of halogens is 2. The Labute approximate surface area is 178 Å². The van der Waals surface area contributed by atoms with E-state index in [4.69, 9.17) is 27.9 Å². The van der Waals surface area contributed by atoms with Gasteiger partial charge < -0.3 is 9.72 Å². The van der Waals surface area contributed by atoms with Gasteiger partial charge in [-0.3, -0.25) is 4.72 Å². The van der Waals surface area contributed by atoms with E-state index in [-0.39, 0.29) is 23.0 Å². The summed E-state index contributed by atoms with van der Waals surface area (Å²) in [6.07, 6.45) is 1.53. The molecule has 0 aliphatic carbocycles. The molecule has 0 amide bonds. The zero-order valence-corrected chi connectivity index (χ0v) is 18.4. The topological polar surface area (TPSA) is 105 Å². The maximum absolute atomic E-state index is 12.7. The van der Waals surface area contributed by atoms with E-state index in [1.54, 1.807) is 19.1 Å². The third kappa shape index (κ3) is 4.98. The number of anilines is 1. The molecule has 2 aromatic carbocycles. The van der Waals surface area contributed by atoms with E-state index in [1.165, 1.54) is 30.5 Å². The van der Waals surface area contributed by atoms with Gasteiger partial charge in [-0.05, 0) is 36.4 Å². The molecule has 0 spiro atoms. The Morgan fingerprint density at radius 3 is 2.34 bits per heavy atom. The number of fused-ring (bicyclic) bond motifs is 1. The first kappa shape index (κ1) is 21.8. The molecule has 7 nitrogen and oxygen atoms in total. The highest BCUT2D eigenvalue weighted by molar-refractivity contribution is 7.92. The predicted molar refractivity (Wildman–Crippen MR) is 115 cm³/mol. The first-order valence-electron chi connectivity index (χ1n) is 8.54. The Kier molecular flexibility index (Phi) is 6.33. The summed E-state index contributed by atoms with van der Waals surface area (Å²) in [5, 5.41) is 1.32. The second-order valence-electron chi connectivity index (χ2n) is 6.14. The van der Waals surface area contributed by atoms with Gasteiger partial charge in [0.2, 0.25) is 0 Å². The van der Waals surface area contributed by atoms with Gasteiger partial charge in [0, 0.05) is 17.3 Å². The van der Waals surface area contributed by atoms with Gasteiger partial charge in [0.15, 0.2) is 9.84 Å². The fourth-order valence-electron chi connectivity index (χ4n) is 2.60. The number of hydrogen-bond donors (Lipinski definition) is 2. The number of benzene rings is 2. The average Bonchev–Trinajstić information content (AvgIpc) is 3.07. The van der Waals surface area contributed by atoms with E-state index < -0.39 is 19.9 Å². The second-order valence-corrected chi connectivity index (χ2v) is 11.1. The molecule has 0 aliphatic heterocycles. The molecule has 0 saturated heterocycles. The van der Waals surface area contributed by atoms with E-state index in [0.29, 0.717) is 32.4 Å². The van der Waals surface area contributed by atoms with Gasteiger partial charge in [-0.1, -0.05) is 30.1 Å². The zero-order valence-electron chi connectivity index (χ0n) is 15.3. The quantitative estimate of drug-likeness (QED) is 0.509. The van der Waals surface area contributed by atoms with Crippen LogP contribution in [0.2, 0.25) is 10.0 Å². The van der Waals surface area contributed by atoms with Gasteiger partial charge in [0.25, 0.3) is 10.0 Å². The van der Waals surface area contributed by atoms with Crippen LogP contribution in [0.1, 0.15) is 6.92 Å². The molecule has 0 unspecified atom stereocenters. The molecule has 1 heterocycles. The molecule has 0 fully saturated rings. The molecule has 29 heavy (non-hydrogen) atoms. The number of aromatic nitrogens is 1. The van der Waals surface area contributed by atoms with Crippen LogP contribution in [0.25, 0.3) is 10.9 Å². The van der Waals surface area contributed by atoms with Gasteiger partial charge in [-0.25, -0.2) is 16.8 Å². The van der Waals surface area contributed by atoms with Crippen molar-refractivity contribution in [1.82, 2.24) is 4.98 Å². The van der Waals surface area contributed by atoms with E-state index in [1.807, 2.05) is 0 Å². The van der Waals surface area contributed by atoms with E-state index in [0.717, 1.165) is 0 Å². The van der Waals surface area contributed by atoms with Crippen molar-refractivity contribution in [3.63, 3.8) is 0 Å². The van der Waals surface area contributed by atoms with Crippen molar-refractivity contribution in [2.75, 3.05) is 22.8 Å². The third-order valence-electron chi connectivity index (χ3n) is 4.22. The minimum absolute atomic E-state index is 0.00311. The summed E-state index contributed by atoms with van der Waals surface area (Å²) in [5.74, 6) is 0.319. The standard InChI is InChI=1S/C18H18Cl2N2O5S2/c1-2-28(23,24)10-9-27-12-3-5-13(6-4-12)29(25,26)22-16-8-7-14(19)17-15(20)11-21-18(16)17/h3-8,11,21-22H,2,9-10H2,1H3. The van der Waals surface area contributed by atoms with E-state index in [9.17, 15) is 16.8 Å². The molecule has 0 radical (unpaired) electrons. The average molecular weight is 477 g/mol. The molecule has 1 aromatic heterocycles. The molecular formula is C18H18Cl2N2O5S2. The van der Waals surface area contributed by atoms with Crippen LogP contribution in [0.15, 0.2) is 47.5 Å². The highest BCUT2D eigenvalue weighted by atomic mass is 35.5. The predicted octanol–water partition coefficient (Wildman–Crippen LogP) is 4.09. The van der Waals surface area contributed by atoms with Gasteiger partial charge in [0.1, 0.15) is 12.4 Å². The van der Waals surface area contributed by atoms with Crippen LogP contribution in [0, 0.1) is 0 Å². The maximum Gasteiger partial charge on any atom is 0.261 e. The van der Waals surface area contributed by atoms with Crippen molar-refractivity contribution >= 4 is 59.7 Å². The molecule has 2 N–H and O–H groups in total. The van der Waals surface area contributed by atoms with Crippen LogP contribution in [-0.4, -0.2) is 39.9 Å². The Hall–Kier alpha value is -1.94. The first-order chi connectivity index (χ1) is 13.6. The number of hydrogen-bond acceptors (Lipinski definition) is 5. The third-order valence-corrected chi connectivity index (χ3v) is 7.88. The van der Waals surface area contributed by atoms with Crippen LogP contribution >= 0.6 is 23.2 Å². The summed E-state index contributed by atoms with van der Waals surface area (Å²) in [6, 6.07) is 8.79. The lowest BCUT2D eigenvalue weighted by Crippen LogP contribution is -2.16. The minimum Gasteiger partial charge on any atom is -0.493 e. The zero-order chi connectivity index (χ0) is 21.2. The number of sulfone groups is 1. The molecule has 0 aliphatic rings. The summed E-state index contributed by atoms with van der Waals surface area (Å²) in [6.45, 7) is 1.56. The van der Waals surface area contributed by atoms with Crippen molar-refractivity contribution in [2.45, 2.75) is 11.8 Å². The van der Waals surface area contributed by atoms with Crippen molar-refractivity contribution < 1.29 is 21.6 Å². The van der Waals surface area contributed by atoms with Gasteiger partial charge in [-0.2, -0.15) is 0 Å². The summed E-state index contributed by atoms with van der Waals surface area (Å²) in [4.78, 5) is 2.93. The summed E-state index contributed by atoms with van der Waals surface area (Å²) in [7, 11) is -7.01. The van der Waals surface area contributed by atoms with Gasteiger partial charge >= 0.3 is 0 Å². The van der Waals surface area contributed by atoms with Gasteiger partial charge in [0.05, 0.1) is 31.9 Å². The monoisotopic (exact) mass is 476 g/mol. The molecule has 0 atom stereocenters. The normalized spacial score (nSPS) is 12.2. The fourth-order valence-corrected chi connectivity index (χ4v) is 4.86. The number of ether oxygens (including phenoxy) is 1. The minimum atomic E-state index is -3.88. The molecule has 0 saturated carbocycles. The lowest BCUT2D eigenvalue weighted by Gasteiger charge is -2.11. The summed E-state index contributed by atoms with van der Waals surface area (Å²) >= 11 is 12.2. The Morgan fingerprint density at radius 2 is 1.69 bits per heavy atom. The SMILES string of the molecule is CCS(=O)(=O)CCOc1ccc(S(=O)(=O)Nc2ccc(Cl)c3c(Cl)c[nH]c23)cc1. The van der Waals surface area contributed by atoms with Crippen molar-refractivity contribution in [2.24, 2.45) is 0 Å². The second kappa shape index (κ2) is 8.43. The maximum atomic E-state index is 12.7. The summed E-state index contributed by atoms with van der Waals surface area (Å²) < 4.78 is 56.3. The van der Waals surface area contributed by atoms with E-state index in [2.05, 4.69) is 9.71 Å². The fraction of sp³-hybridized carbons (Fsp3) is 0.222. The van der Waals surface area contributed by atoms with E-state index >= 15 is 0 Å². The first-order valence-corrected chi connectivity index (χ1v) is 12.6. The Bertz CT molecular complexity index is 1240. The largest absolute Gasteiger partial charge is 0.493 e. The molecule has 3 aromatic rings. The number of sulfonamides is 1. The van der Waals surface area contributed by atoms with Crippen LogP contribution < -0.4 is 9.46 Å². The number of aromatic amines is 1. The van der Waals surface area contributed by atoms with Gasteiger partial charge in [-0.15, -0.1) is 0 Å². The van der Waals surface area contributed by atoms with Crippen LogP contribution in [0.5, 0.6) is 5.75 Å². The highest BCUT2D eigenvalue weighted by Crippen LogP contribution is 2.35. The summed E-state index contributed by atoms with van der Waals surface area (Å²) in [5.41, 5.74) is 0.782. The highest BCUT2D eigenvalue weighted by Gasteiger charge is 2.18. The van der Waals surface area contributed by atoms with Crippen LogP contribution in [0.3, 0.4) is 0 Å². The van der Waals surface area contributed by atoms with Crippen molar-refractivity contribution in [3.05, 3.63) is 52.6 Å². The van der Waals surface area contributed by atoms with Crippen molar-refractivity contribution in [1.29, 1.82) is 0 Å². The molecular weight excluding hydrogens is 459 g/mol. The number of nitrogens with one attached hydrogen (secondary N) is 2. The molecule has 0 bridgehead atoms. The molecule has 3 rings (SSSR count). The Balaban J connectivity index is 1.76. The smallest absolute Gasteiger partial charge is 0.261 e. The van der Waals surface area contributed by atoms with Crippen LogP contribution in [-0.2, 0) is 19.9 Å². The lowest BCUT2D eigenvalue weighted by atomic mass is 10.2. The van der Waals surface area contributed by atoms with Crippen LogP contribution in [0.4, 0.5) is 5.69 Å². The number of rotatable bonds is 8. The Morgan fingerprint density at radius 1 is 1.00 bits per heavy atom. The molecule has 156 valence electrons. The molecule has 11 heteroatoms. The van der Waals surface area contributed by atoms with Crippen molar-refractivity contribution in [3.8, 4) is 5.75 Å².